The van der Waals surface area contributed by atoms with Crippen molar-refractivity contribution in [2.75, 3.05) is 18.5 Å². The quantitative estimate of drug-likeness (QED) is 0.856. The summed E-state index contributed by atoms with van der Waals surface area (Å²) in [6, 6.07) is 10.4. The smallest absolute Gasteiger partial charge is 0.131 e. The minimum atomic E-state index is -0.589. The van der Waals surface area contributed by atoms with Crippen LogP contribution in [0.1, 0.15) is 18.5 Å². The van der Waals surface area contributed by atoms with Crippen molar-refractivity contribution in [3.63, 3.8) is 0 Å². The molecule has 0 bridgehead atoms. The summed E-state index contributed by atoms with van der Waals surface area (Å²) in [5, 5.41) is 11.8. The maximum Gasteiger partial charge on any atom is 0.131 e. The van der Waals surface area contributed by atoms with Crippen molar-refractivity contribution in [1.29, 1.82) is 0 Å². The molecule has 0 saturated carbocycles. The SMILES string of the molecule is CC(Nc1ccc(OCCO)cc1)c1ccc(F)cc1F. The molecule has 0 radical (unpaired) electrons. The molecule has 0 aromatic heterocycles. The van der Waals surface area contributed by atoms with E-state index in [4.69, 9.17) is 9.84 Å². The van der Waals surface area contributed by atoms with Gasteiger partial charge in [-0.05, 0) is 37.3 Å². The fraction of sp³-hybridized carbons (Fsp3) is 0.250. The first-order valence-corrected chi connectivity index (χ1v) is 6.65. The summed E-state index contributed by atoms with van der Waals surface area (Å²) >= 11 is 0. The Morgan fingerprint density at radius 3 is 2.48 bits per heavy atom. The van der Waals surface area contributed by atoms with Crippen LogP contribution in [0.3, 0.4) is 0 Å². The topological polar surface area (TPSA) is 41.5 Å². The van der Waals surface area contributed by atoms with Gasteiger partial charge in [-0.3, -0.25) is 0 Å². The van der Waals surface area contributed by atoms with E-state index in [-0.39, 0.29) is 19.3 Å². The minimum absolute atomic E-state index is 0.0408. The molecule has 2 aromatic rings. The molecule has 1 atom stereocenters. The number of hydrogen-bond donors (Lipinski definition) is 2. The van der Waals surface area contributed by atoms with Crippen LogP contribution in [0.15, 0.2) is 42.5 Å². The Morgan fingerprint density at radius 2 is 1.86 bits per heavy atom. The van der Waals surface area contributed by atoms with E-state index < -0.39 is 11.6 Å². The molecular weight excluding hydrogens is 276 g/mol. The molecule has 5 heteroatoms. The van der Waals surface area contributed by atoms with E-state index in [0.29, 0.717) is 11.3 Å². The lowest BCUT2D eigenvalue weighted by Gasteiger charge is -2.17. The standard InChI is InChI=1S/C16H17F2NO2/c1-11(15-7-2-12(17)10-16(15)18)19-13-3-5-14(6-4-13)21-9-8-20/h2-7,10-11,19-20H,8-9H2,1H3. The van der Waals surface area contributed by atoms with Crippen molar-refractivity contribution in [2.45, 2.75) is 13.0 Å². The lowest BCUT2D eigenvalue weighted by atomic mass is 10.1. The van der Waals surface area contributed by atoms with Gasteiger partial charge in [-0.25, -0.2) is 8.78 Å². The molecule has 2 N–H and O–H groups in total. The molecule has 0 aliphatic heterocycles. The fourth-order valence-electron chi connectivity index (χ4n) is 1.99. The number of hydrogen-bond acceptors (Lipinski definition) is 3. The van der Waals surface area contributed by atoms with Crippen LogP contribution >= 0.6 is 0 Å². The number of halogens is 2. The molecule has 3 nitrogen and oxygen atoms in total. The van der Waals surface area contributed by atoms with Crippen molar-refractivity contribution < 1.29 is 18.6 Å². The molecule has 0 saturated heterocycles. The summed E-state index contributed by atoms with van der Waals surface area (Å²) in [6.45, 7) is 2.00. The Kier molecular flexibility index (Phi) is 5.11. The van der Waals surface area contributed by atoms with Crippen LogP contribution in [-0.4, -0.2) is 18.3 Å². The Labute approximate surface area is 122 Å². The van der Waals surface area contributed by atoms with E-state index in [1.54, 1.807) is 31.2 Å². The molecule has 0 aliphatic carbocycles. The number of nitrogens with one attached hydrogen (secondary N) is 1. The van der Waals surface area contributed by atoms with Gasteiger partial charge in [0.25, 0.3) is 0 Å². The van der Waals surface area contributed by atoms with Crippen LogP contribution in [0.5, 0.6) is 5.75 Å². The molecule has 2 aromatic carbocycles. The number of rotatable bonds is 6. The molecular formula is C16H17F2NO2. The van der Waals surface area contributed by atoms with Crippen molar-refractivity contribution in [1.82, 2.24) is 0 Å². The first-order chi connectivity index (χ1) is 10.1. The Hall–Kier alpha value is -2.14. The Morgan fingerprint density at radius 1 is 1.14 bits per heavy atom. The van der Waals surface area contributed by atoms with Gasteiger partial charge in [0.1, 0.15) is 24.0 Å². The maximum atomic E-state index is 13.7. The third-order valence-electron chi connectivity index (χ3n) is 3.03. The summed E-state index contributed by atoms with van der Waals surface area (Å²) in [5.74, 6) is -0.512. The zero-order valence-electron chi connectivity index (χ0n) is 11.6. The molecule has 0 amide bonds. The lowest BCUT2D eigenvalue weighted by molar-refractivity contribution is 0.201. The van der Waals surface area contributed by atoms with Crippen LogP contribution in [0.25, 0.3) is 0 Å². The molecule has 0 spiro atoms. The van der Waals surface area contributed by atoms with Gasteiger partial charge >= 0.3 is 0 Å². The van der Waals surface area contributed by atoms with Gasteiger partial charge in [0.15, 0.2) is 0 Å². The average Bonchev–Trinajstić information content (AvgIpc) is 2.46. The van der Waals surface area contributed by atoms with Gasteiger partial charge in [0, 0.05) is 17.3 Å². The minimum Gasteiger partial charge on any atom is -0.491 e. The zero-order valence-corrected chi connectivity index (χ0v) is 11.6. The maximum absolute atomic E-state index is 13.7. The van der Waals surface area contributed by atoms with Crippen LogP contribution in [-0.2, 0) is 0 Å². The van der Waals surface area contributed by atoms with Gasteiger partial charge in [-0.2, -0.15) is 0 Å². The molecule has 0 aliphatic rings. The molecule has 0 heterocycles. The summed E-state index contributed by atoms with van der Waals surface area (Å²) in [5.41, 5.74) is 1.19. The van der Waals surface area contributed by atoms with E-state index in [2.05, 4.69) is 5.32 Å². The third-order valence-corrected chi connectivity index (χ3v) is 3.03. The molecule has 1 unspecified atom stereocenters. The highest BCUT2D eigenvalue weighted by atomic mass is 19.1. The number of ether oxygens (including phenoxy) is 1. The summed E-state index contributed by atoms with van der Waals surface area (Å²) in [6.07, 6.45) is 0. The molecule has 2 rings (SSSR count). The van der Waals surface area contributed by atoms with E-state index in [1.165, 1.54) is 12.1 Å². The lowest BCUT2D eigenvalue weighted by Crippen LogP contribution is -2.09. The van der Waals surface area contributed by atoms with Crippen LogP contribution in [0.2, 0.25) is 0 Å². The largest absolute Gasteiger partial charge is 0.491 e. The highest BCUT2D eigenvalue weighted by Crippen LogP contribution is 2.23. The van der Waals surface area contributed by atoms with Crippen molar-refractivity contribution >= 4 is 5.69 Å². The van der Waals surface area contributed by atoms with Crippen LogP contribution < -0.4 is 10.1 Å². The van der Waals surface area contributed by atoms with Crippen molar-refractivity contribution in [3.8, 4) is 5.75 Å². The summed E-state index contributed by atoms with van der Waals surface area (Å²) in [7, 11) is 0. The number of aliphatic hydroxyl groups excluding tert-OH is 1. The molecule has 112 valence electrons. The number of aliphatic hydroxyl groups is 1. The fourth-order valence-corrected chi connectivity index (χ4v) is 1.99. The number of benzene rings is 2. The first-order valence-electron chi connectivity index (χ1n) is 6.65. The second-order valence-corrected chi connectivity index (χ2v) is 4.63. The number of anilines is 1. The predicted molar refractivity (Wildman–Crippen MR) is 77.4 cm³/mol. The molecule has 0 fully saturated rings. The van der Waals surface area contributed by atoms with E-state index in [1.807, 2.05) is 0 Å². The van der Waals surface area contributed by atoms with E-state index >= 15 is 0 Å². The van der Waals surface area contributed by atoms with Gasteiger partial charge < -0.3 is 15.2 Å². The summed E-state index contributed by atoms with van der Waals surface area (Å²) < 4.78 is 31.8. The van der Waals surface area contributed by atoms with E-state index in [0.717, 1.165) is 11.8 Å². The summed E-state index contributed by atoms with van der Waals surface area (Å²) in [4.78, 5) is 0. The van der Waals surface area contributed by atoms with Crippen molar-refractivity contribution in [2.24, 2.45) is 0 Å². The normalized spacial score (nSPS) is 12.0. The van der Waals surface area contributed by atoms with Gasteiger partial charge in [0.05, 0.1) is 12.6 Å². The van der Waals surface area contributed by atoms with Gasteiger partial charge in [-0.15, -0.1) is 0 Å². The van der Waals surface area contributed by atoms with Crippen LogP contribution in [0, 0.1) is 11.6 Å². The Balaban J connectivity index is 2.03. The predicted octanol–water partition coefficient (Wildman–Crippen LogP) is 3.51. The highest BCUT2D eigenvalue weighted by molar-refractivity contribution is 5.48. The Bertz CT molecular complexity index is 587. The second kappa shape index (κ2) is 7.04. The van der Waals surface area contributed by atoms with Crippen molar-refractivity contribution in [3.05, 3.63) is 59.7 Å². The second-order valence-electron chi connectivity index (χ2n) is 4.63. The highest BCUT2D eigenvalue weighted by Gasteiger charge is 2.11. The van der Waals surface area contributed by atoms with Gasteiger partial charge in [-0.1, -0.05) is 6.07 Å². The first kappa shape index (κ1) is 15.3. The van der Waals surface area contributed by atoms with Crippen LogP contribution in [0.4, 0.5) is 14.5 Å². The van der Waals surface area contributed by atoms with E-state index in [9.17, 15) is 8.78 Å². The monoisotopic (exact) mass is 293 g/mol. The average molecular weight is 293 g/mol. The third kappa shape index (κ3) is 4.16. The zero-order chi connectivity index (χ0) is 15.2. The molecule has 21 heavy (non-hydrogen) atoms. The van der Waals surface area contributed by atoms with Gasteiger partial charge in [0.2, 0.25) is 0 Å².